The Morgan fingerprint density at radius 3 is 2.14 bits per heavy atom. The molecule has 5 rings (SSSR count). The van der Waals surface area contributed by atoms with Crippen molar-refractivity contribution in [1.82, 2.24) is 14.8 Å². The molecule has 1 aromatic rings. The predicted molar refractivity (Wildman–Crippen MR) is 84.3 cm³/mol. The highest BCUT2D eigenvalue weighted by Crippen LogP contribution is 2.60. The molecule has 1 heterocycles. The van der Waals surface area contributed by atoms with Gasteiger partial charge in [-0.1, -0.05) is 13.8 Å². The molecule has 4 bridgehead atoms. The minimum absolute atomic E-state index is 0.320. The Bertz CT molecular complexity index is 499. The Morgan fingerprint density at radius 1 is 1.10 bits per heavy atom. The summed E-state index contributed by atoms with van der Waals surface area (Å²) in [4.78, 5) is 0. The lowest BCUT2D eigenvalue weighted by atomic mass is 9.49. The molecule has 4 saturated carbocycles. The van der Waals surface area contributed by atoms with E-state index in [4.69, 9.17) is 11.6 Å². The Kier molecular flexibility index (Phi) is 3.33. The van der Waals surface area contributed by atoms with Crippen LogP contribution in [0, 0.1) is 23.7 Å². The second kappa shape index (κ2) is 4.97. The first-order chi connectivity index (χ1) is 10.1. The van der Waals surface area contributed by atoms with Gasteiger partial charge < -0.3 is 4.57 Å². The smallest absolute Gasteiger partial charge is 0.147 e. The third-order valence-electron chi connectivity index (χ3n) is 6.01. The highest BCUT2D eigenvalue weighted by Gasteiger charge is 2.53. The fourth-order valence-electron chi connectivity index (χ4n) is 5.77. The minimum Gasteiger partial charge on any atom is -0.313 e. The molecule has 4 fully saturated rings. The number of halogens is 1. The Morgan fingerprint density at radius 2 is 1.67 bits per heavy atom. The molecule has 0 saturated heterocycles. The van der Waals surface area contributed by atoms with E-state index in [0.717, 1.165) is 30.1 Å². The first kappa shape index (κ1) is 14.0. The molecule has 3 nitrogen and oxygen atoms in total. The maximum absolute atomic E-state index is 6.11. The third-order valence-corrected chi connectivity index (χ3v) is 6.25. The third kappa shape index (κ3) is 2.23. The molecule has 0 spiro atoms. The molecule has 21 heavy (non-hydrogen) atoms. The molecule has 4 aliphatic carbocycles. The van der Waals surface area contributed by atoms with E-state index < -0.39 is 0 Å². The van der Waals surface area contributed by atoms with Crippen molar-refractivity contribution >= 4 is 11.6 Å². The van der Waals surface area contributed by atoms with Gasteiger partial charge in [0.05, 0.1) is 5.88 Å². The number of hydrogen-bond acceptors (Lipinski definition) is 2. The largest absolute Gasteiger partial charge is 0.313 e. The van der Waals surface area contributed by atoms with E-state index in [1.807, 2.05) is 0 Å². The van der Waals surface area contributed by atoms with E-state index in [0.29, 0.717) is 17.2 Å². The molecular formula is C17H26ClN3. The van der Waals surface area contributed by atoms with Crippen molar-refractivity contribution in [1.29, 1.82) is 0 Å². The van der Waals surface area contributed by atoms with Gasteiger partial charge in [0.2, 0.25) is 0 Å². The second-order valence-corrected chi connectivity index (χ2v) is 8.54. The van der Waals surface area contributed by atoms with Crippen molar-refractivity contribution < 1.29 is 0 Å². The number of alkyl halides is 1. The van der Waals surface area contributed by atoms with Gasteiger partial charge in [0.25, 0.3) is 0 Å². The van der Waals surface area contributed by atoms with Crippen LogP contribution < -0.4 is 0 Å². The van der Waals surface area contributed by atoms with Gasteiger partial charge in [-0.2, -0.15) is 0 Å². The summed E-state index contributed by atoms with van der Waals surface area (Å²) in [6.45, 7) is 5.54. The average Bonchev–Trinajstić information content (AvgIpc) is 2.79. The van der Waals surface area contributed by atoms with Crippen molar-refractivity contribution in [2.24, 2.45) is 23.7 Å². The van der Waals surface area contributed by atoms with Crippen LogP contribution in [-0.2, 0) is 17.8 Å². The molecule has 1 aromatic heterocycles. The average molecular weight is 308 g/mol. The van der Waals surface area contributed by atoms with Gasteiger partial charge >= 0.3 is 0 Å². The minimum atomic E-state index is 0.320. The zero-order valence-electron chi connectivity index (χ0n) is 13.2. The molecular weight excluding hydrogens is 282 g/mol. The molecule has 0 amide bonds. The van der Waals surface area contributed by atoms with Crippen LogP contribution in [0.3, 0.4) is 0 Å². The van der Waals surface area contributed by atoms with Gasteiger partial charge in [-0.25, -0.2) is 0 Å². The van der Waals surface area contributed by atoms with Gasteiger partial charge in [0, 0.05) is 12.0 Å². The van der Waals surface area contributed by atoms with Crippen molar-refractivity contribution in [3.8, 4) is 0 Å². The van der Waals surface area contributed by atoms with Crippen LogP contribution in [0.4, 0.5) is 0 Å². The van der Waals surface area contributed by atoms with Crippen LogP contribution >= 0.6 is 11.6 Å². The molecule has 4 aliphatic rings. The van der Waals surface area contributed by atoms with Crippen molar-refractivity contribution in [2.45, 2.75) is 70.2 Å². The number of rotatable bonds is 4. The van der Waals surface area contributed by atoms with E-state index in [1.54, 1.807) is 0 Å². The summed E-state index contributed by atoms with van der Waals surface area (Å²) in [6, 6.07) is 0. The molecule has 0 unspecified atom stereocenters. The molecule has 0 atom stereocenters. The zero-order valence-corrected chi connectivity index (χ0v) is 13.9. The second-order valence-electron chi connectivity index (χ2n) is 8.28. The lowest BCUT2D eigenvalue weighted by Crippen LogP contribution is -2.50. The van der Waals surface area contributed by atoms with E-state index >= 15 is 0 Å². The summed E-state index contributed by atoms with van der Waals surface area (Å²) in [7, 11) is 0. The van der Waals surface area contributed by atoms with Crippen LogP contribution in [-0.4, -0.2) is 14.8 Å². The summed E-state index contributed by atoms with van der Waals surface area (Å²) in [6.07, 6.45) is 8.45. The summed E-state index contributed by atoms with van der Waals surface area (Å²) in [5, 5.41) is 9.08. The lowest BCUT2D eigenvalue weighted by molar-refractivity contribution is -0.0114. The van der Waals surface area contributed by atoms with Crippen LogP contribution in [0.5, 0.6) is 0 Å². The fraction of sp³-hybridized carbons (Fsp3) is 0.882. The van der Waals surface area contributed by atoms with Crippen molar-refractivity contribution in [3.05, 3.63) is 11.6 Å². The first-order valence-electron chi connectivity index (χ1n) is 8.58. The Balaban J connectivity index is 1.74. The number of nitrogens with zero attached hydrogens (tertiary/aromatic N) is 3. The Labute approximate surface area is 132 Å². The Hall–Kier alpha value is -0.570. The maximum Gasteiger partial charge on any atom is 0.147 e. The van der Waals surface area contributed by atoms with Crippen molar-refractivity contribution in [3.63, 3.8) is 0 Å². The van der Waals surface area contributed by atoms with Crippen LogP contribution in [0.25, 0.3) is 0 Å². The van der Waals surface area contributed by atoms with E-state index in [-0.39, 0.29) is 0 Å². The lowest BCUT2D eigenvalue weighted by Gasteiger charge is -2.56. The summed E-state index contributed by atoms with van der Waals surface area (Å²) < 4.78 is 2.37. The quantitative estimate of drug-likeness (QED) is 0.783. The van der Waals surface area contributed by atoms with E-state index in [1.165, 1.54) is 44.3 Å². The SMILES string of the molecule is CC(C)Cn1c(CCl)nnc1C12CC3CC(CC(C3)C1)C2. The normalized spacial score (nSPS) is 37.6. The zero-order chi connectivity index (χ0) is 14.6. The molecule has 0 radical (unpaired) electrons. The van der Waals surface area contributed by atoms with Gasteiger partial charge in [0.1, 0.15) is 11.6 Å². The number of hydrogen-bond donors (Lipinski definition) is 0. The first-order valence-corrected chi connectivity index (χ1v) is 9.11. The highest BCUT2D eigenvalue weighted by atomic mass is 35.5. The fourth-order valence-corrected chi connectivity index (χ4v) is 5.97. The van der Waals surface area contributed by atoms with E-state index in [2.05, 4.69) is 28.6 Å². The summed E-state index contributed by atoms with van der Waals surface area (Å²) in [5.41, 5.74) is 0.320. The van der Waals surface area contributed by atoms with Gasteiger partial charge in [-0.05, 0) is 62.2 Å². The molecule has 116 valence electrons. The van der Waals surface area contributed by atoms with Gasteiger partial charge in [0.15, 0.2) is 0 Å². The standard InChI is InChI=1S/C17H26ClN3/c1-11(2)10-21-15(9-18)19-20-16(21)17-6-12-3-13(7-17)5-14(4-12)8-17/h11-14H,3-10H2,1-2H3. The monoisotopic (exact) mass is 307 g/mol. The summed E-state index contributed by atoms with van der Waals surface area (Å²) >= 11 is 6.11. The van der Waals surface area contributed by atoms with Gasteiger partial charge in [-0.15, -0.1) is 21.8 Å². The predicted octanol–water partition coefficient (Wildman–Crippen LogP) is 4.14. The summed E-state index contributed by atoms with van der Waals surface area (Å²) in [5.74, 6) is 6.16. The van der Waals surface area contributed by atoms with Crippen LogP contribution in [0.1, 0.15) is 64.0 Å². The number of aromatic nitrogens is 3. The molecule has 0 N–H and O–H groups in total. The van der Waals surface area contributed by atoms with Crippen LogP contribution in [0.15, 0.2) is 0 Å². The molecule has 0 aliphatic heterocycles. The maximum atomic E-state index is 6.11. The topological polar surface area (TPSA) is 30.7 Å². The molecule has 0 aromatic carbocycles. The van der Waals surface area contributed by atoms with Crippen molar-refractivity contribution in [2.75, 3.05) is 0 Å². The highest BCUT2D eigenvalue weighted by molar-refractivity contribution is 6.16. The van der Waals surface area contributed by atoms with E-state index in [9.17, 15) is 0 Å². The van der Waals surface area contributed by atoms with Gasteiger partial charge in [-0.3, -0.25) is 0 Å². The van der Waals surface area contributed by atoms with Crippen LogP contribution in [0.2, 0.25) is 0 Å². The molecule has 4 heteroatoms.